The second-order valence-electron chi connectivity index (χ2n) is 9.15. The Morgan fingerprint density at radius 2 is 1.93 bits per heavy atom. The highest BCUT2D eigenvalue weighted by Gasteiger charge is 2.66. The van der Waals surface area contributed by atoms with Crippen LogP contribution in [-0.2, 0) is 23.8 Å². The fraction of sp³-hybridized carbons (Fsp3) is 0.667. The summed E-state index contributed by atoms with van der Waals surface area (Å²) < 4.78 is 17.3. The summed E-state index contributed by atoms with van der Waals surface area (Å²) in [5.74, 6) is 0.00184. The van der Waals surface area contributed by atoms with Crippen LogP contribution in [0.15, 0.2) is 36.0 Å². The molecule has 5 nitrogen and oxygen atoms in total. The van der Waals surface area contributed by atoms with E-state index in [-0.39, 0.29) is 17.3 Å². The van der Waals surface area contributed by atoms with E-state index >= 15 is 0 Å². The Hall–Kier alpha value is -1.88. The number of ether oxygens (including phenoxy) is 3. The first kappa shape index (κ1) is 21.8. The second kappa shape index (κ2) is 8.10. The van der Waals surface area contributed by atoms with Gasteiger partial charge in [-0.2, -0.15) is 0 Å². The lowest BCUT2D eigenvalue weighted by Crippen LogP contribution is -2.55. The van der Waals surface area contributed by atoms with E-state index in [1.807, 2.05) is 6.08 Å². The molecule has 0 aromatic carbocycles. The third kappa shape index (κ3) is 3.70. The van der Waals surface area contributed by atoms with Gasteiger partial charge in [0.15, 0.2) is 0 Å². The lowest BCUT2D eigenvalue weighted by Gasteiger charge is -2.57. The number of rotatable bonds is 5. The summed E-state index contributed by atoms with van der Waals surface area (Å²) in [6, 6.07) is 0. The van der Waals surface area contributed by atoms with Crippen LogP contribution < -0.4 is 0 Å². The van der Waals surface area contributed by atoms with Crippen molar-refractivity contribution in [3.63, 3.8) is 0 Å². The lowest BCUT2D eigenvalue weighted by atomic mass is 9.46. The highest BCUT2D eigenvalue weighted by molar-refractivity contribution is 5.67. The van der Waals surface area contributed by atoms with Gasteiger partial charge in [0.05, 0.1) is 5.41 Å². The van der Waals surface area contributed by atoms with Crippen molar-refractivity contribution >= 4 is 11.9 Å². The van der Waals surface area contributed by atoms with Gasteiger partial charge in [0.25, 0.3) is 0 Å². The molecule has 29 heavy (non-hydrogen) atoms. The first-order chi connectivity index (χ1) is 13.6. The number of esters is 2. The van der Waals surface area contributed by atoms with E-state index in [4.69, 9.17) is 14.2 Å². The molecule has 0 N–H and O–H groups in total. The SMILES string of the molecule is C=CC(C)=CCC1(C)C(C)CCC23C(=CCCC12)C(OC(C)=O)OC3OC(C)=O. The Labute approximate surface area is 174 Å². The molecule has 1 heterocycles. The molecular weight excluding hydrogens is 368 g/mol. The molecule has 0 aromatic heterocycles. The Morgan fingerprint density at radius 1 is 1.24 bits per heavy atom. The van der Waals surface area contributed by atoms with Gasteiger partial charge in [-0.05, 0) is 56.3 Å². The molecule has 1 saturated carbocycles. The number of hydrogen-bond acceptors (Lipinski definition) is 5. The highest BCUT2D eigenvalue weighted by atomic mass is 16.8. The van der Waals surface area contributed by atoms with Crippen molar-refractivity contribution in [2.45, 2.75) is 79.3 Å². The van der Waals surface area contributed by atoms with Gasteiger partial charge in [0.2, 0.25) is 12.6 Å². The lowest BCUT2D eigenvalue weighted by molar-refractivity contribution is -0.234. The van der Waals surface area contributed by atoms with Crippen LogP contribution in [0.1, 0.15) is 66.7 Å². The first-order valence-corrected chi connectivity index (χ1v) is 10.6. The van der Waals surface area contributed by atoms with E-state index < -0.39 is 24.0 Å². The standard InChI is InChI=1S/C24H34O5/c1-7-15(2)11-13-23(6)16(3)12-14-24-19(9-8-10-20(23)24)21(27-17(4)25)29-22(24)28-18(5)26/h7,9,11,16,20-22H,1,8,10,12-14H2,2-6H3. The van der Waals surface area contributed by atoms with Gasteiger partial charge < -0.3 is 9.47 Å². The fourth-order valence-electron chi connectivity index (χ4n) is 5.79. The van der Waals surface area contributed by atoms with Crippen LogP contribution >= 0.6 is 0 Å². The summed E-state index contributed by atoms with van der Waals surface area (Å²) in [6.07, 6.45) is 9.49. The zero-order valence-corrected chi connectivity index (χ0v) is 18.3. The van der Waals surface area contributed by atoms with Crippen LogP contribution in [0.4, 0.5) is 0 Å². The first-order valence-electron chi connectivity index (χ1n) is 10.6. The monoisotopic (exact) mass is 402 g/mol. The molecule has 3 aliphatic rings. The summed E-state index contributed by atoms with van der Waals surface area (Å²) in [7, 11) is 0. The smallest absolute Gasteiger partial charge is 0.305 e. The van der Waals surface area contributed by atoms with E-state index in [2.05, 4.69) is 39.5 Å². The van der Waals surface area contributed by atoms with Crippen molar-refractivity contribution in [1.29, 1.82) is 0 Å². The molecular formula is C24H34O5. The Bertz CT molecular complexity index is 750. The predicted octanol–water partition coefficient (Wildman–Crippen LogP) is 5.08. The normalized spacial score (nSPS) is 39.1. The van der Waals surface area contributed by atoms with Crippen molar-refractivity contribution < 1.29 is 23.8 Å². The van der Waals surface area contributed by atoms with Gasteiger partial charge in [0.1, 0.15) is 0 Å². The molecule has 0 radical (unpaired) electrons. The van der Waals surface area contributed by atoms with Crippen molar-refractivity contribution in [3.05, 3.63) is 36.0 Å². The molecule has 0 bridgehead atoms. The summed E-state index contributed by atoms with van der Waals surface area (Å²) in [5, 5.41) is 0. The summed E-state index contributed by atoms with van der Waals surface area (Å²) >= 11 is 0. The van der Waals surface area contributed by atoms with Crippen LogP contribution in [0, 0.1) is 22.7 Å². The summed E-state index contributed by atoms with van der Waals surface area (Å²) in [6.45, 7) is 13.4. The third-order valence-corrected chi connectivity index (χ3v) is 7.55. The van der Waals surface area contributed by atoms with Crippen LogP contribution in [-0.4, -0.2) is 24.5 Å². The molecule has 1 spiro atoms. The largest absolute Gasteiger partial charge is 0.435 e. The van der Waals surface area contributed by atoms with E-state index in [0.29, 0.717) is 5.92 Å². The predicted molar refractivity (Wildman–Crippen MR) is 111 cm³/mol. The highest BCUT2D eigenvalue weighted by Crippen LogP contribution is 2.66. The minimum absolute atomic E-state index is 0.00883. The molecule has 3 rings (SSSR count). The molecule has 0 aromatic rings. The van der Waals surface area contributed by atoms with Crippen molar-refractivity contribution in [3.8, 4) is 0 Å². The van der Waals surface area contributed by atoms with Gasteiger partial charge in [-0.25, -0.2) is 0 Å². The molecule has 2 aliphatic carbocycles. The molecule has 6 unspecified atom stereocenters. The van der Waals surface area contributed by atoms with Gasteiger partial charge >= 0.3 is 11.9 Å². The van der Waals surface area contributed by atoms with Crippen LogP contribution in [0.25, 0.3) is 0 Å². The van der Waals surface area contributed by atoms with E-state index in [0.717, 1.165) is 37.7 Å². The number of hydrogen-bond donors (Lipinski definition) is 0. The van der Waals surface area contributed by atoms with Gasteiger partial charge in [0, 0.05) is 19.4 Å². The van der Waals surface area contributed by atoms with Gasteiger partial charge in [-0.15, -0.1) is 0 Å². The minimum atomic E-state index is -0.775. The fourth-order valence-corrected chi connectivity index (χ4v) is 5.79. The Kier molecular flexibility index (Phi) is 6.09. The molecule has 1 aliphatic heterocycles. The van der Waals surface area contributed by atoms with Crippen molar-refractivity contribution in [2.75, 3.05) is 0 Å². The average molecular weight is 403 g/mol. The number of carbonyl (C=O) groups excluding carboxylic acids is 2. The molecule has 6 atom stereocenters. The van der Waals surface area contributed by atoms with Crippen LogP contribution in [0.3, 0.4) is 0 Å². The van der Waals surface area contributed by atoms with Crippen LogP contribution in [0.2, 0.25) is 0 Å². The topological polar surface area (TPSA) is 61.8 Å². The number of carbonyl (C=O) groups is 2. The zero-order chi connectivity index (χ0) is 21.4. The van der Waals surface area contributed by atoms with Gasteiger partial charge in [-0.3, -0.25) is 14.3 Å². The van der Waals surface area contributed by atoms with Crippen molar-refractivity contribution in [2.24, 2.45) is 22.7 Å². The quantitative estimate of drug-likeness (QED) is 0.365. The van der Waals surface area contributed by atoms with Crippen molar-refractivity contribution in [1.82, 2.24) is 0 Å². The Morgan fingerprint density at radius 3 is 2.55 bits per heavy atom. The molecule has 5 heteroatoms. The summed E-state index contributed by atoms with van der Waals surface area (Å²) in [4.78, 5) is 23.6. The van der Waals surface area contributed by atoms with E-state index in [9.17, 15) is 9.59 Å². The van der Waals surface area contributed by atoms with Gasteiger partial charge in [-0.1, -0.05) is 44.2 Å². The second-order valence-corrected chi connectivity index (χ2v) is 9.15. The molecule has 1 saturated heterocycles. The summed E-state index contributed by atoms with van der Waals surface area (Å²) in [5.41, 5.74) is 1.72. The molecule has 160 valence electrons. The zero-order valence-electron chi connectivity index (χ0n) is 18.3. The maximum absolute atomic E-state index is 11.9. The number of allylic oxidation sites excluding steroid dienone is 4. The third-order valence-electron chi connectivity index (χ3n) is 7.55. The van der Waals surface area contributed by atoms with E-state index in [1.54, 1.807) is 0 Å². The maximum atomic E-state index is 11.9. The van der Waals surface area contributed by atoms with E-state index in [1.165, 1.54) is 19.4 Å². The Balaban J connectivity index is 2.07. The minimum Gasteiger partial charge on any atom is -0.435 e. The molecule has 0 amide bonds. The van der Waals surface area contributed by atoms with Crippen LogP contribution in [0.5, 0.6) is 0 Å². The average Bonchev–Trinajstić information content (AvgIpc) is 2.95. The molecule has 2 fully saturated rings. The maximum Gasteiger partial charge on any atom is 0.305 e.